The fourth-order valence-corrected chi connectivity index (χ4v) is 3.53. The first kappa shape index (κ1) is 21.6. The third-order valence-corrected chi connectivity index (χ3v) is 5.23. The van der Waals surface area contributed by atoms with E-state index in [1.807, 2.05) is 30.3 Å². The second kappa shape index (κ2) is 8.86. The van der Waals surface area contributed by atoms with E-state index in [9.17, 15) is 22.8 Å². The molecule has 1 aliphatic heterocycles. The second-order valence-corrected chi connectivity index (χ2v) is 7.44. The molecule has 1 fully saturated rings. The molecule has 0 radical (unpaired) electrons. The minimum Gasteiger partial charge on any atom is -0.484 e. The van der Waals surface area contributed by atoms with Gasteiger partial charge in [-0.2, -0.15) is 18.3 Å². The molecule has 32 heavy (non-hydrogen) atoms. The molecule has 2 aromatic carbocycles. The van der Waals surface area contributed by atoms with Gasteiger partial charge in [-0.1, -0.05) is 30.3 Å². The van der Waals surface area contributed by atoms with E-state index < -0.39 is 18.3 Å². The Hall–Kier alpha value is -3.62. The van der Waals surface area contributed by atoms with Gasteiger partial charge >= 0.3 is 6.18 Å². The molecule has 1 unspecified atom stereocenters. The highest BCUT2D eigenvalue weighted by atomic mass is 19.4. The van der Waals surface area contributed by atoms with Gasteiger partial charge in [-0.15, -0.1) is 0 Å². The average molecular weight is 443 g/mol. The van der Waals surface area contributed by atoms with Gasteiger partial charge in [-0.25, -0.2) is 4.68 Å². The number of amides is 1. The van der Waals surface area contributed by atoms with Crippen LogP contribution in [0.5, 0.6) is 5.75 Å². The van der Waals surface area contributed by atoms with Crippen LogP contribution in [0.25, 0.3) is 11.3 Å². The number of halogens is 3. The predicted molar refractivity (Wildman–Crippen MR) is 111 cm³/mol. The maximum absolute atomic E-state index is 12.8. The van der Waals surface area contributed by atoms with Crippen molar-refractivity contribution >= 4 is 5.91 Å². The number of alkyl halides is 3. The summed E-state index contributed by atoms with van der Waals surface area (Å²) >= 11 is 0. The molecule has 1 saturated heterocycles. The fourth-order valence-electron chi connectivity index (χ4n) is 3.53. The lowest BCUT2D eigenvalue weighted by Gasteiger charge is -2.41. The van der Waals surface area contributed by atoms with Crippen LogP contribution in [0.1, 0.15) is 18.0 Å². The van der Waals surface area contributed by atoms with Crippen molar-refractivity contribution in [3.63, 3.8) is 0 Å². The van der Waals surface area contributed by atoms with E-state index in [0.29, 0.717) is 17.8 Å². The average Bonchev–Trinajstić information content (AvgIpc) is 2.74. The van der Waals surface area contributed by atoms with E-state index in [2.05, 4.69) is 5.10 Å². The first-order chi connectivity index (χ1) is 15.3. The minimum atomic E-state index is -4.42. The first-order valence-corrected chi connectivity index (χ1v) is 10.0. The first-order valence-electron chi connectivity index (χ1n) is 10.0. The normalized spacial score (nSPS) is 15.8. The van der Waals surface area contributed by atoms with Crippen LogP contribution in [0, 0.1) is 0 Å². The lowest BCUT2D eigenvalue weighted by molar-refractivity contribution is -0.153. The number of carbonyl (C=O) groups is 1. The van der Waals surface area contributed by atoms with Crippen LogP contribution in [-0.2, 0) is 11.3 Å². The maximum atomic E-state index is 12.8. The predicted octanol–water partition coefficient (Wildman–Crippen LogP) is 3.83. The Morgan fingerprint density at radius 3 is 2.38 bits per heavy atom. The van der Waals surface area contributed by atoms with Crippen molar-refractivity contribution in [3.05, 3.63) is 82.6 Å². The Labute approximate surface area is 181 Å². The summed E-state index contributed by atoms with van der Waals surface area (Å²) in [7, 11) is 0. The summed E-state index contributed by atoms with van der Waals surface area (Å²) in [6.45, 7) is -0.951. The number of carbonyl (C=O) groups excluding carboxylic acids is 1. The van der Waals surface area contributed by atoms with Gasteiger partial charge in [-0.05, 0) is 42.3 Å². The van der Waals surface area contributed by atoms with E-state index in [1.54, 1.807) is 17.0 Å². The van der Waals surface area contributed by atoms with Crippen molar-refractivity contribution in [2.75, 3.05) is 13.2 Å². The van der Waals surface area contributed by atoms with Crippen molar-refractivity contribution in [2.24, 2.45) is 0 Å². The number of rotatable bonds is 6. The summed E-state index contributed by atoms with van der Waals surface area (Å²) in [6, 6.07) is 18.4. The van der Waals surface area contributed by atoms with E-state index in [4.69, 9.17) is 4.74 Å². The molecule has 4 rings (SSSR count). The Kier molecular flexibility index (Phi) is 5.98. The summed E-state index contributed by atoms with van der Waals surface area (Å²) in [5.41, 5.74) is 1.64. The summed E-state index contributed by atoms with van der Waals surface area (Å²) < 4.78 is 42.6. The van der Waals surface area contributed by atoms with Crippen molar-refractivity contribution in [1.29, 1.82) is 0 Å². The molecule has 1 aromatic heterocycles. The molecule has 1 amide bonds. The largest absolute Gasteiger partial charge is 0.484 e. The Morgan fingerprint density at radius 1 is 1.03 bits per heavy atom. The topological polar surface area (TPSA) is 64.4 Å². The van der Waals surface area contributed by atoms with Crippen LogP contribution in [0.15, 0.2) is 71.5 Å². The zero-order valence-electron chi connectivity index (χ0n) is 17.0. The smallest absolute Gasteiger partial charge is 0.422 e. The van der Waals surface area contributed by atoms with Gasteiger partial charge in [0.2, 0.25) is 5.91 Å². The van der Waals surface area contributed by atoms with Gasteiger partial charge in [0.05, 0.1) is 11.7 Å². The van der Waals surface area contributed by atoms with Crippen molar-refractivity contribution in [2.45, 2.75) is 25.2 Å². The SMILES string of the molecule is O=C(Cn1nc(-c2ccc(OCC(F)(F)F)cc2)ccc1=O)N1CCC1c1ccccc1. The quantitative estimate of drug-likeness (QED) is 0.581. The molecule has 0 spiro atoms. The molecule has 1 atom stereocenters. The number of likely N-dealkylation sites (tertiary alicyclic amines) is 1. The second-order valence-electron chi connectivity index (χ2n) is 7.44. The number of benzene rings is 2. The van der Waals surface area contributed by atoms with Gasteiger partial charge in [-0.3, -0.25) is 9.59 Å². The highest BCUT2D eigenvalue weighted by Gasteiger charge is 2.33. The molecule has 0 aliphatic carbocycles. The molecule has 6 nitrogen and oxygen atoms in total. The third-order valence-electron chi connectivity index (χ3n) is 5.23. The molecule has 0 N–H and O–H groups in total. The van der Waals surface area contributed by atoms with Crippen molar-refractivity contribution < 1.29 is 22.7 Å². The maximum Gasteiger partial charge on any atom is 0.422 e. The van der Waals surface area contributed by atoms with Gasteiger partial charge in [0.15, 0.2) is 6.61 Å². The molecule has 0 saturated carbocycles. The number of hydrogen-bond donors (Lipinski definition) is 0. The molecule has 9 heteroatoms. The Balaban J connectivity index is 1.46. The van der Waals surface area contributed by atoms with Gasteiger partial charge < -0.3 is 9.64 Å². The van der Waals surface area contributed by atoms with E-state index in [0.717, 1.165) is 16.7 Å². The van der Waals surface area contributed by atoms with Crippen LogP contribution in [0.4, 0.5) is 13.2 Å². The molecular weight excluding hydrogens is 423 g/mol. The van der Waals surface area contributed by atoms with E-state index >= 15 is 0 Å². The number of aromatic nitrogens is 2. The van der Waals surface area contributed by atoms with Crippen molar-refractivity contribution in [1.82, 2.24) is 14.7 Å². The standard InChI is InChI=1S/C23H20F3N3O3/c24-23(25,26)15-32-18-8-6-16(7-9-18)19-10-11-21(30)29(27-19)14-22(31)28-13-12-20(28)17-4-2-1-3-5-17/h1-11,20H,12-15H2. The van der Waals surface area contributed by atoms with Gasteiger partial charge in [0.25, 0.3) is 5.56 Å². The zero-order valence-corrected chi connectivity index (χ0v) is 17.0. The highest BCUT2D eigenvalue weighted by molar-refractivity contribution is 5.77. The van der Waals surface area contributed by atoms with Gasteiger partial charge in [0, 0.05) is 18.2 Å². The number of ether oxygens (including phenoxy) is 1. The molecular formula is C23H20F3N3O3. The van der Waals surface area contributed by atoms with Crippen LogP contribution in [0.2, 0.25) is 0 Å². The minimum absolute atomic E-state index is 0.00757. The molecule has 1 aliphatic rings. The molecule has 0 bridgehead atoms. The Bertz CT molecular complexity index is 1140. The lowest BCUT2D eigenvalue weighted by atomic mass is 9.95. The zero-order chi connectivity index (χ0) is 22.7. The van der Waals surface area contributed by atoms with Gasteiger partial charge in [0.1, 0.15) is 12.3 Å². The van der Waals surface area contributed by atoms with Crippen LogP contribution in [0.3, 0.4) is 0 Å². The van der Waals surface area contributed by atoms with E-state index in [1.165, 1.54) is 24.3 Å². The third kappa shape index (κ3) is 4.99. The van der Waals surface area contributed by atoms with Crippen LogP contribution in [-0.4, -0.2) is 39.9 Å². The molecule has 166 valence electrons. The number of hydrogen-bond acceptors (Lipinski definition) is 4. The summed E-state index contributed by atoms with van der Waals surface area (Å²) in [5.74, 6) is -0.132. The lowest BCUT2D eigenvalue weighted by Crippen LogP contribution is -2.47. The summed E-state index contributed by atoms with van der Waals surface area (Å²) in [4.78, 5) is 26.8. The van der Waals surface area contributed by atoms with Crippen LogP contribution < -0.4 is 10.3 Å². The highest BCUT2D eigenvalue weighted by Crippen LogP contribution is 2.33. The molecule has 2 heterocycles. The van der Waals surface area contributed by atoms with Crippen LogP contribution >= 0.6 is 0 Å². The van der Waals surface area contributed by atoms with E-state index in [-0.39, 0.29) is 24.2 Å². The fraction of sp³-hybridized carbons (Fsp3) is 0.261. The monoisotopic (exact) mass is 443 g/mol. The van der Waals surface area contributed by atoms with Crippen molar-refractivity contribution in [3.8, 4) is 17.0 Å². The summed E-state index contributed by atoms with van der Waals surface area (Å²) in [6.07, 6.45) is -3.56. The Morgan fingerprint density at radius 2 is 1.75 bits per heavy atom. The molecule has 3 aromatic rings. The number of nitrogens with zero attached hydrogens (tertiary/aromatic N) is 3. The summed E-state index contributed by atoms with van der Waals surface area (Å²) in [5, 5.41) is 4.27.